The van der Waals surface area contributed by atoms with Crippen molar-refractivity contribution in [2.24, 2.45) is 22.7 Å². The number of amides is 1. The number of fused-ring (bicyclic) bond motifs is 1. The van der Waals surface area contributed by atoms with Gasteiger partial charge in [-0.3, -0.25) is 14.4 Å². The number of hydrogen-bond donors (Lipinski definition) is 1. The van der Waals surface area contributed by atoms with Gasteiger partial charge in [0.15, 0.2) is 5.41 Å². The van der Waals surface area contributed by atoms with Crippen molar-refractivity contribution in [3.8, 4) is 0 Å². The Morgan fingerprint density at radius 3 is 2.73 bits per heavy atom. The van der Waals surface area contributed by atoms with Gasteiger partial charge < -0.3 is 14.8 Å². The third-order valence-corrected chi connectivity index (χ3v) is 5.99. The van der Waals surface area contributed by atoms with Gasteiger partial charge >= 0.3 is 11.9 Å². The minimum absolute atomic E-state index is 0.0285. The molecule has 1 amide bonds. The molecule has 2 bridgehead atoms. The van der Waals surface area contributed by atoms with Gasteiger partial charge in [0.2, 0.25) is 5.91 Å². The monoisotopic (exact) mass is 309 g/mol. The molecule has 0 aromatic carbocycles. The maximum atomic E-state index is 12.4. The lowest BCUT2D eigenvalue weighted by atomic mass is 9.72. The minimum atomic E-state index is -1.13. The number of carbonyl (C=O) groups is 3. The molecule has 5 unspecified atom stereocenters. The predicted octanol–water partition coefficient (Wildman–Crippen LogP) is 1.03. The Balaban J connectivity index is 1.81. The number of esters is 2. The molecule has 0 spiro atoms. The molecule has 122 valence electrons. The number of methoxy groups -OCH3 is 1. The molecule has 1 aliphatic heterocycles. The molecule has 1 heterocycles. The highest BCUT2D eigenvalue weighted by Gasteiger charge is 2.74. The average Bonchev–Trinajstić information content (AvgIpc) is 3.08. The van der Waals surface area contributed by atoms with Crippen molar-refractivity contribution < 1.29 is 23.9 Å². The first-order valence-electron chi connectivity index (χ1n) is 7.88. The van der Waals surface area contributed by atoms with Crippen LogP contribution in [0.1, 0.15) is 40.0 Å². The molecular weight excluding hydrogens is 286 g/mol. The lowest BCUT2D eigenvalue weighted by Crippen LogP contribution is -2.52. The van der Waals surface area contributed by atoms with E-state index in [-0.39, 0.29) is 23.8 Å². The fourth-order valence-corrected chi connectivity index (χ4v) is 4.21. The summed E-state index contributed by atoms with van der Waals surface area (Å²) in [4.78, 5) is 36.8. The van der Waals surface area contributed by atoms with Crippen molar-refractivity contribution in [1.29, 1.82) is 0 Å². The molecule has 6 heteroatoms. The SMILES string of the molecule is CCC(C)(C)C(=O)NC1C2CC3C1OC(=O)C3(C(=O)OC)C2. The molecule has 2 aliphatic carbocycles. The molecule has 1 N–H and O–H groups in total. The molecule has 3 aliphatic rings. The van der Waals surface area contributed by atoms with Crippen molar-refractivity contribution in [1.82, 2.24) is 5.32 Å². The van der Waals surface area contributed by atoms with Gasteiger partial charge in [-0.25, -0.2) is 0 Å². The predicted molar refractivity (Wildman–Crippen MR) is 76.5 cm³/mol. The quantitative estimate of drug-likeness (QED) is 0.619. The summed E-state index contributed by atoms with van der Waals surface area (Å²) in [7, 11) is 1.30. The Morgan fingerprint density at radius 2 is 2.14 bits per heavy atom. The van der Waals surface area contributed by atoms with Crippen molar-refractivity contribution in [2.75, 3.05) is 7.11 Å². The summed E-state index contributed by atoms with van der Waals surface area (Å²) < 4.78 is 10.3. The molecule has 0 radical (unpaired) electrons. The Labute approximate surface area is 129 Å². The fourth-order valence-electron chi connectivity index (χ4n) is 4.21. The van der Waals surface area contributed by atoms with Crippen LogP contribution in [0.3, 0.4) is 0 Å². The van der Waals surface area contributed by atoms with E-state index in [4.69, 9.17) is 9.47 Å². The van der Waals surface area contributed by atoms with Crippen LogP contribution in [0.4, 0.5) is 0 Å². The van der Waals surface area contributed by atoms with Gasteiger partial charge in [0, 0.05) is 11.3 Å². The van der Waals surface area contributed by atoms with Gasteiger partial charge in [0.1, 0.15) is 6.10 Å². The topological polar surface area (TPSA) is 81.7 Å². The van der Waals surface area contributed by atoms with E-state index >= 15 is 0 Å². The zero-order chi connectivity index (χ0) is 16.3. The zero-order valence-electron chi connectivity index (χ0n) is 13.5. The summed E-state index contributed by atoms with van der Waals surface area (Å²) in [6, 6.07) is -0.187. The second-order valence-corrected chi connectivity index (χ2v) is 7.38. The van der Waals surface area contributed by atoms with Crippen molar-refractivity contribution >= 4 is 17.8 Å². The second-order valence-electron chi connectivity index (χ2n) is 7.38. The average molecular weight is 309 g/mol. The van der Waals surface area contributed by atoms with Gasteiger partial charge in [-0.15, -0.1) is 0 Å². The summed E-state index contributed by atoms with van der Waals surface area (Å²) in [5.74, 6) is -1.08. The van der Waals surface area contributed by atoms with E-state index < -0.39 is 28.9 Å². The van der Waals surface area contributed by atoms with Gasteiger partial charge in [0.25, 0.3) is 0 Å². The Morgan fingerprint density at radius 1 is 1.45 bits per heavy atom. The van der Waals surface area contributed by atoms with E-state index in [0.717, 1.165) is 12.8 Å². The largest absolute Gasteiger partial charge is 0.468 e. The highest BCUT2D eigenvalue weighted by atomic mass is 16.6. The molecule has 0 aromatic heterocycles. The van der Waals surface area contributed by atoms with Crippen molar-refractivity contribution in [2.45, 2.75) is 52.2 Å². The Bertz CT molecular complexity index is 543. The summed E-state index contributed by atoms with van der Waals surface area (Å²) in [6.45, 7) is 5.77. The lowest BCUT2D eigenvalue weighted by molar-refractivity contribution is -0.163. The smallest absolute Gasteiger partial charge is 0.324 e. The zero-order valence-corrected chi connectivity index (χ0v) is 13.5. The molecule has 0 aromatic rings. The van der Waals surface area contributed by atoms with E-state index in [2.05, 4.69) is 5.32 Å². The highest BCUT2D eigenvalue weighted by Crippen LogP contribution is 2.62. The molecule has 22 heavy (non-hydrogen) atoms. The summed E-state index contributed by atoms with van der Waals surface area (Å²) in [5, 5.41) is 3.06. The molecule has 1 saturated heterocycles. The van der Waals surface area contributed by atoms with Crippen LogP contribution in [-0.2, 0) is 23.9 Å². The van der Waals surface area contributed by atoms with E-state index in [1.54, 1.807) is 0 Å². The maximum Gasteiger partial charge on any atom is 0.324 e. The molecule has 3 rings (SSSR count). The molecule has 6 nitrogen and oxygen atoms in total. The van der Waals surface area contributed by atoms with Crippen LogP contribution in [0.15, 0.2) is 0 Å². The molecule has 2 saturated carbocycles. The number of carbonyl (C=O) groups excluding carboxylic acids is 3. The summed E-state index contributed by atoms with van der Waals surface area (Å²) >= 11 is 0. The second kappa shape index (κ2) is 4.70. The number of hydrogen-bond acceptors (Lipinski definition) is 5. The van der Waals surface area contributed by atoms with Crippen LogP contribution < -0.4 is 5.32 Å². The van der Waals surface area contributed by atoms with Crippen LogP contribution in [0, 0.1) is 22.7 Å². The van der Waals surface area contributed by atoms with E-state index in [1.807, 2.05) is 20.8 Å². The molecule has 3 fully saturated rings. The fraction of sp³-hybridized carbons (Fsp3) is 0.812. The van der Waals surface area contributed by atoms with Crippen LogP contribution in [0.25, 0.3) is 0 Å². The summed E-state index contributed by atoms with van der Waals surface area (Å²) in [6.07, 6.45) is 1.47. The third kappa shape index (κ3) is 1.75. The van der Waals surface area contributed by atoms with Crippen LogP contribution >= 0.6 is 0 Å². The van der Waals surface area contributed by atoms with Gasteiger partial charge in [-0.05, 0) is 25.2 Å². The van der Waals surface area contributed by atoms with E-state index in [9.17, 15) is 14.4 Å². The lowest BCUT2D eigenvalue weighted by Gasteiger charge is -2.33. The van der Waals surface area contributed by atoms with Gasteiger partial charge in [-0.2, -0.15) is 0 Å². The van der Waals surface area contributed by atoms with E-state index in [0.29, 0.717) is 6.42 Å². The first-order valence-corrected chi connectivity index (χ1v) is 7.88. The summed E-state index contributed by atoms with van der Waals surface area (Å²) in [5.41, 5.74) is -1.59. The normalized spacial score (nSPS) is 38.8. The number of ether oxygens (including phenoxy) is 2. The third-order valence-electron chi connectivity index (χ3n) is 5.99. The number of nitrogens with one attached hydrogen (secondary N) is 1. The minimum Gasteiger partial charge on any atom is -0.468 e. The molecule has 5 atom stereocenters. The van der Waals surface area contributed by atoms with Gasteiger partial charge in [-0.1, -0.05) is 20.8 Å². The first-order chi connectivity index (χ1) is 10.3. The maximum absolute atomic E-state index is 12.4. The van der Waals surface area contributed by atoms with Crippen molar-refractivity contribution in [3.63, 3.8) is 0 Å². The van der Waals surface area contributed by atoms with Crippen LogP contribution in [-0.4, -0.2) is 37.1 Å². The van der Waals surface area contributed by atoms with Crippen LogP contribution in [0.5, 0.6) is 0 Å². The Kier molecular flexibility index (Phi) is 3.27. The van der Waals surface area contributed by atoms with Gasteiger partial charge in [0.05, 0.1) is 13.2 Å². The number of rotatable bonds is 4. The standard InChI is InChI=1S/C16H23NO5/c1-5-15(2,3)12(18)17-10-8-6-9-11(10)22-14(20)16(9,7-8)13(19)21-4/h8-11H,5-7H2,1-4H3,(H,17,18). The first kappa shape index (κ1) is 15.3. The highest BCUT2D eigenvalue weighted by molar-refractivity contribution is 6.03. The van der Waals surface area contributed by atoms with Crippen LogP contribution in [0.2, 0.25) is 0 Å². The van der Waals surface area contributed by atoms with E-state index in [1.165, 1.54) is 7.11 Å². The van der Waals surface area contributed by atoms with Crippen molar-refractivity contribution in [3.05, 3.63) is 0 Å². The molecular formula is C16H23NO5. The Hall–Kier alpha value is -1.59.